The van der Waals surface area contributed by atoms with E-state index in [9.17, 15) is 0 Å². The first-order chi connectivity index (χ1) is 6.92. The molecule has 5 heteroatoms. The fourth-order valence-electron chi connectivity index (χ4n) is 1.84. The third-order valence-corrected chi connectivity index (χ3v) is 2.90. The monoisotopic (exact) mass is 216 g/mol. The quantitative estimate of drug-likeness (QED) is 0.687. The molecule has 2 heterocycles. The lowest BCUT2D eigenvalue weighted by Gasteiger charge is -2.36. The zero-order valence-corrected chi connectivity index (χ0v) is 9.95. The van der Waals surface area contributed by atoms with E-state index < -0.39 is 0 Å². The molecule has 2 aliphatic heterocycles. The van der Waals surface area contributed by atoms with Crippen LogP contribution < -0.4 is 0 Å². The Morgan fingerprint density at radius 3 is 1.53 bits per heavy atom. The van der Waals surface area contributed by atoms with Crippen LogP contribution >= 0.6 is 0 Å². The first-order valence-electron chi connectivity index (χ1n) is 5.43. The Morgan fingerprint density at radius 2 is 1.27 bits per heavy atom. The molecular formula is C10H20N2O3. The molecule has 0 amide bonds. The van der Waals surface area contributed by atoms with E-state index in [-0.39, 0.29) is 11.4 Å². The minimum absolute atomic E-state index is 0.349. The van der Waals surface area contributed by atoms with Crippen molar-refractivity contribution in [2.75, 3.05) is 26.3 Å². The molecule has 2 rings (SSSR count). The molecule has 0 bridgehead atoms. The van der Waals surface area contributed by atoms with Gasteiger partial charge in [-0.15, -0.1) is 10.1 Å². The molecule has 0 unspecified atom stereocenters. The standard InChI is InChI=1S/C10H20N2O3/c1-9(2)11(5-7-13-9)15-12-6-8-14-10(12,3)4/h5-8H2,1-4H3. The Labute approximate surface area is 90.8 Å². The Morgan fingerprint density at radius 1 is 0.867 bits per heavy atom. The van der Waals surface area contributed by atoms with Crippen LogP contribution in [-0.4, -0.2) is 47.9 Å². The number of hydrogen-bond donors (Lipinski definition) is 0. The van der Waals surface area contributed by atoms with Gasteiger partial charge in [0.05, 0.1) is 26.3 Å². The first-order valence-corrected chi connectivity index (χ1v) is 5.43. The van der Waals surface area contributed by atoms with Crippen molar-refractivity contribution < 1.29 is 14.4 Å². The van der Waals surface area contributed by atoms with E-state index in [1.165, 1.54) is 0 Å². The zero-order valence-electron chi connectivity index (χ0n) is 9.95. The predicted octanol–water partition coefficient (Wildman–Crippen LogP) is 0.970. The van der Waals surface area contributed by atoms with Crippen molar-refractivity contribution in [1.82, 2.24) is 10.1 Å². The van der Waals surface area contributed by atoms with E-state index in [1.54, 1.807) is 0 Å². The third kappa shape index (κ3) is 2.16. The summed E-state index contributed by atoms with van der Waals surface area (Å²) in [5, 5.41) is 3.73. The smallest absolute Gasteiger partial charge is 0.140 e. The molecule has 0 aromatic heterocycles. The van der Waals surface area contributed by atoms with Crippen LogP contribution in [0.3, 0.4) is 0 Å². The molecule has 2 saturated heterocycles. The van der Waals surface area contributed by atoms with Crippen LogP contribution in [0.15, 0.2) is 0 Å². The second-order valence-corrected chi connectivity index (χ2v) is 4.88. The maximum absolute atomic E-state index is 5.82. The molecular weight excluding hydrogens is 196 g/mol. The van der Waals surface area contributed by atoms with Gasteiger partial charge in [-0.05, 0) is 27.7 Å². The molecule has 5 nitrogen and oxygen atoms in total. The zero-order chi connectivity index (χ0) is 11.1. The van der Waals surface area contributed by atoms with Crippen molar-refractivity contribution in [1.29, 1.82) is 0 Å². The van der Waals surface area contributed by atoms with Gasteiger partial charge in [-0.2, -0.15) is 0 Å². The average molecular weight is 216 g/mol. The van der Waals surface area contributed by atoms with Crippen molar-refractivity contribution in [2.24, 2.45) is 0 Å². The lowest BCUT2D eigenvalue weighted by molar-refractivity contribution is -0.396. The summed E-state index contributed by atoms with van der Waals surface area (Å²) in [6.07, 6.45) is 0. The molecule has 0 N–H and O–H groups in total. The van der Waals surface area contributed by atoms with Gasteiger partial charge in [0, 0.05) is 0 Å². The topological polar surface area (TPSA) is 34.2 Å². The van der Waals surface area contributed by atoms with E-state index in [1.807, 2.05) is 37.8 Å². The molecule has 0 atom stereocenters. The van der Waals surface area contributed by atoms with Gasteiger partial charge in [0.1, 0.15) is 11.4 Å². The Balaban J connectivity index is 1.97. The van der Waals surface area contributed by atoms with E-state index >= 15 is 0 Å². The van der Waals surface area contributed by atoms with Gasteiger partial charge >= 0.3 is 0 Å². The van der Waals surface area contributed by atoms with Crippen molar-refractivity contribution in [3.63, 3.8) is 0 Å². The van der Waals surface area contributed by atoms with Gasteiger partial charge in [-0.3, -0.25) is 0 Å². The Hall–Kier alpha value is -0.200. The van der Waals surface area contributed by atoms with Crippen LogP contribution in [0.4, 0.5) is 0 Å². The maximum atomic E-state index is 5.82. The Kier molecular flexibility index (Phi) is 2.77. The highest BCUT2D eigenvalue weighted by molar-refractivity contribution is 4.74. The largest absolute Gasteiger partial charge is 0.357 e. The predicted molar refractivity (Wildman–Crippen MR) is 54.6 cm³/mol. The van der Waals surface area contributed by atoms with Crippen LogP contribution in [0, 0.1) is 0 Å². The average Bonchev–Trinajstić information content (AvgIpc) is 2.58. The van der Waals surface area contributed by atoms with Crippen LogP contribution in [0.25, 0.3) is 0 Å². The number of rotatable bonds is 2. The van der Waals surface area contributed by atoms with Gasteiger partial charge in [0.15, 0.2) is 0 Å². The molecule has 0 aliphatic carbocycles. The molecule has 2 fully saturated rings. The second kappa shape index (κ2) is 3.68. The number of hydroxylamine groups is 4. The van der Waals surface area contributed by atoms with Gasteiger partial charge < -0.3 is 9.47 Å². The van der Waals surface area contributed by atoms with E-state index in [2.05, 4.69) is 0 Å². The van der Waals surface area contributed by atoms with Gasteiger partial charge in [-0.25, -0.2) is 4.94 Å². The van der Waals surface area contributed by atoms with Crippen LogP contribution in [0.2, 0.25) is 0 Å². The van der Waals surface area contributed by atoms with E-state index in [0.29, 0.717) is 13.2 Å². The molecule has 0 spiro atoms. The third-order valence-electron chi connectivity index (χ3n) is 2.90. The van der Waals surface area contributed by atoms with E-state index in [0.717, 1.165) is 13.1 Å². The van der Waals surface area contributed by atoms with Crippen LogP contribution in [0.5, 0.6) is 0 Å². The van der Waals surface area contributed by atoms with E-state index in [4.69, 9.17) is 14.4 Å². The summed E-state index contributed by atoms with van der Waals surface area (Å²) in [5.41, 5.74) is -0.697. The van der Waals surface area contributed by atoms with Crippen molar-refractivity contribution in [3.05, 3.63) is 0 Å². The summed E-state index contributed by atoms with van der Waals surface area (Å²) >= 11 is 0. The lowest BCUT2D eigenvalue weighted by Crippen LogP contribution is -2.49. The maximum Gasteiger partial charge on any atom is 0.140 e. The fraction of sp³-hybridized carbons (Fsp3) is 1.00. The first kappa shape index (κ1) is 11.3. The highest BCUT2D eigenvalue weighted by Gasteiger charge is 2.41. The van der Waals surface area contributed by atoms with Crippen molar-refractivity contribution in [3.8, 4) is 0 Å². The van der Waals surface area contributed by atoms with Gasteiger partial charge in [0.25, 0.3) is 0 Å². The summed E-state index contributed by atoms with van der Waals surface area (Å²) < 4.78 is 11.1. The number of ether oxygens (including phenoxy) is 2. The molecule has 0 aromatic carbocycles. The van der Waals surface area contributed by atoms with Crippen LogP contribution in [-0.2, 0) is 14.4 Å². The van der Waals surface area contributed by atoms with Gasteiger partial charge in [0.2, 0.25) is 0 Å². The summed E-state index contributed by atoms with van der Waals surface area (Å²) in [7, 11) is 0. The lowest BCUT2D eigenvalue weighted by atomic mass is 10.3. The second-order valence-electron chi connectivity index (χ2n) is 4.88. The highest BCUT2D eigenvalue weighted by Crippen LogP contribution is 2.28. The molecule has 2 aliphatic rings. The molecule has 15 heavy (non-hydrogen) atoms. The Bertz CT molecular complexity index is 219. The molecule has 0 radical (unpaired) electrons. The van der Waals surface area contributed by atoms with Crippen molar-refractivity contribution in [2.45, 2.75) is 39.1 Å². The summed E-state index contributed by atoms with van der Waals surface area (Å²) in [4.78, 5) is 5.82. The SMILES string of the molecule is CC1(C)OCCN1ON1CCOC1(C)C. The summed E-state index contributed by atoms with van der Waals surface area (Å²) in [5.74, 6) is 0. The minimum Gasteiger partial charge on any atom is -0.357 e. The minimum atomic E-state index is -0.349. The number of hydrogen-bond acceptors (Lipinski definition) is 5. The highest BCUT2D eigenvalue weighted by atomic mass is 16.9. The summed E-state index contributed by atoms with van der Waals surface area (Å²) in [6, 6.07) is 0. The summed E-state index contributed by atoms with van der Waals surface area (Å²) in [6.45, 7) is 11.0. The van der Waals surface area contributed by atoms with Crippen LogP contribution in [0.1, 0.15) is 27.7 Å². The molecule has 0 saturated carbocycles. The van der Waals surface area contributed by atoms with Gasteiger partial charge in [-0.1, -0.05) is 0 Å². The fourth-order valence-corrected chi connectivity index (χ4v) is 1.84. The molecule has 0 aromatic rings. The molecule has 88 valence electrons. The van der Waals surface area contributed by atoms with Crippen molar-refractivity contribution >= 4 is 0 Å². The normalized spacial score (nSPS) is 31.2. The number of nitrogens with zero attached hydrogens (tertiary/aromatic N) is 2.